The third kappa shape index (κ3) is 7.93. The van der Waals surface area contributed by atoms with Crippen molar-refractivity contribution in [3.8, 4) is 22.6 Å². The van der Waals surface area contributed by atoms with Crippen molar-refractivity contribution in [2.75, 3.05) is 14.2 Å². The number of pyridine rings is 1. The van der Waals surface area contributed by atoms with Gasteiger partial charge >= 0.3 is 6.09 Å². The average Bonchev–Trinajstić information content (AvgIpc) is 2.86. The molecule has 0 unspecified atom stereocenters. The van der Waals surface area contributed by atoms with Gasteiger partial charge in [0, 0.05) is 42.0 Å². The molecule has 0 bridgehead atoms. The molecule has 2 aromatic carbocycles. The molecule has 0 saturated carbocycles. The van der Waals surface area contributed by atoms with Gasteiger partial charge in [0.05, 0.1) is 14.2 Å². The lowest BCUT2D eigenvalue weighted by molar-refractivity contribution is 0.0523. The summed E-state index contributed by atoms with van der Waals surface area (Å²) in [5.41, 5.74) is 2.88. The Hall–Kier alpha value is -4.14. The van der Waals surface area contributed by atoms with Crippen molar-refractivity contribution in [1.29, 1.82) is 0 Å². The molecule has 3 aromatic rings. The first kappa shape index (κ1) is 27.4. The second-order valence-corrected chi connectivity index (χ2v) is 9.51. The predicted molar refractivity (Wildman–Crippen MR) is 138 cm³/mol. The summed E-state index contributed by atoms with van der Waals surface area (Å²) < 4.78 is 29.7. The van der Waals surface area contributed by atoms with Crippen molar-refractivity contribution in [2.24, 2.45) is 0 Å². The highest BCUT2D eigenvalue weighted by atomic mass is 19.1. The molecule has 0 aliphatic carbocycles. The fraction of sp³-hybridized carbons (Fsp3) is 0.321. The molecule has 2 N–H and O–H groups in total. The number of hydrogen-bond acceptors (Lipinski definition) is 6. The van der Waals surface area contributed by atoms with E-state index in [0.717, 1.165) is 5.56 Å². The van der Waals surface area contributed by atoms with Crippen LogP contribution in [-0.2, 0) is 17.8 Å². The maximum atomic E-state index is 13.8. The van der Waals surface area contributed by atoms with E-state index in [0.29, 0.717) is 39.3 Å². The number of benzene rings is 2. The minimum absolute atomic E-state index is 0.129. The van der Waals surface area contributed by atoms with E-state index in [1.165, 1.54) is 6.20 Å². The Labute approximate surface area is 216 Å². The van der Waals surface area contributed by atoms with Gasteiger partial charge in [0.25, 0.3) is 5.91 Å². The standard InChI is InChI=1S/C28H32FN3O5/c1-17-7-22(16-30-25(17)29)20-8-18(15-32-27(34)37-28(2,3)4)9-21(12-20)26(33)31-14-19-10-23(35-5)13-24(11-19)36-6/h7-13,16H,14-15H2,1-6H3,(H,31,33)(H,32,34). The van der Waals surface area contributed by atoms with Crippen LogP contribution in [0.15, 0.2) is 48.7 Å². The fourth-order valence-corrected chi connectivity index (χ4v) is 3.55. The summed E-state index contributed by atoms with van der Waals surface area (Å²) in [5.74, 6) is 0.340. The molecular weight excluding hydrogens is 477 g/mol. The number of nitrogens with zero attached hydrogens (tertiary/aromatic N) is 1. The molecule has 0 saturated heterocycles. The number of aryl methyl sites for hydroxylation is 1. The normalized spacial score (nSPS) is 11.0. The third-order valence-electron chi connectivity index (χ3n) is 5.30. The smallest absolute Gasteiger partial charge is 0.407 e. The van der Waals surface area contributed by atoms with E-state index in [9.17, 15) is 14.0 Å². The molecule has 2 amide bonds. The van der Waals surface area contributed by atoms with Crippen molar-refractivity contribution in [1.82, 2.24) is 15.6 Å². The van der Waals surface area contributed by atoms with Crippen LogP contribution in [0.2, 0.25) is 0 Å². The van der Waals surface area contributed by atoms with Crippen LogP contribution in [0.25, 0.3) is 11.1 Å². The molecule has 196 valence electrons. The molecule has 0 fully saturated rings. The molecule has 0 atom stereocenters. The highest BCUT2D eigenvalue weighted by molar-refractivity contribution is 5.95. The van der Waals surface area contributed by atoms with Crippen LogP contribution < -0.4 is 20.1 Å². The molecule has 37 heavy (non-hydrogen) atoms. The van der Waals surface area contributed by atoms with E-state index in [1.54, 1.807) is 66.2 Å². The summed E-state index contributed by atoms with van der Waals surface area (Å²) in [6.07, 6.45) is 0.836. The molecule has 0 radical (unpaired) electrons. The molecule has 1 heterocycles. The highest BCUT2D eigenvalue weighted by Gasteiger charge is 2.17. The number of amides is 2. The second-order valence-electron chi connectivity index (χ2n) is 9.51. The summed E-state index contributed by atoms with van der Waals surface area (Å²) in [4.78, 5) is 29.1. The van der Waals surface area contributed by atoms with Crippen LogP contribution in [0.1, 0.15) is 47.8 Å². The van der Waals surface area contributed by atoms with Crippen molar-refractivity contribution in [2.45, 2.75) is 46.4 Å². The van der Waals surface area contributed by atoms with Gasteiger partial charge in [0.15, 0.2) is 0 Å². The van der Waals surface area contributed by atoms with Gasteiger partial charge in [0.1, 0.15) is 17.1 Å². The zero-order valence-electron chi connectivity index (χ0n) is 21.9. The first-order chi connectivity index (χ1) is 17.5. The number of ether oxygens (including phenoxy) is 3. The van der Waals surface area contributed by atoms with Gasteiger partial charge in [-0.3, -0.25) is 4.79 Å². The van der Waals surface area contributed by atoms with Gasteiger partial charge in [-0.2, -0.15) is 4.39 Å². The number of methoxy groups -OCH3 is 2. The van der Waals surface area contributed by atoms with Crippen molar-refractivity contribution in [3.05, 3.63) is 76.9 Å². The number of rotatable bonds is 8. The lowest BCUT2D eigenvalue weighted by atomic mass is 9.99. The third-order valence-corrected chi connectivity index (χ3v) is 5.30. The van der Waals surface area contributed by atoms with Crippen LogP contribution in [0, 0.1) is 12.9 Å². The van der Waals surface area contributed by atoms with E-state index in [-0.39, 0.29) is 19.0 Å². The quantitative estimate of drug-likeness (QED) is 0.407. The Bertz CT molecular complexity index is 1270. The SMILES string of the molecule is COc1cc(CNC(=O)c2cc(CNC(=O)OC(C)(C)C)cc(-c3cnc(F)c(C)c3)c2)cc(OC)c1. The first-order valence-corrected chi connectivity index (χ1v) is 11.7. The van der Waals surface area contributed by atoms with Crippen molar-refractivity contribution < 1.29 is 28.2 Å². The van der Waals surface area contributed by atoms with Crippen molar-refractivity contribution >= 4 is 12.0 Å². The number of halogens is 1. The lowest BCUT2D eigenvalue weighted by Crippen LogP contribution is -2.32. The van der Waals surface area contributed by atoms with Crippen LogP contribution in [0.5, 0.6) is 11.5 Å². The number of carbonyl (C=O) groups excluding carboxylic acids is 2. The number of nitrogens with one attached hydrogen (secondary N) is 2. The predicted octanol–water partition coefficient (Wildman–Crippen LogP) is 5.17. The van der Waals surface area contributed by atoms with Gasteiger partial charge in [-0.15, -0.1) is 0 Å². The summed E-state index contributed by atoms with van der Waals surface area (Å²) in [7, 11) is 3.11. The van der Waals surface area contributed by atoms with Crippen LogP contribution in [0.4, 0.5) is 9.18 Å². The summed E-state index contributed by atoms with van der Waals surface area (Å²) in [5, 5.41) is 5.61. The van der Waals surface area contributed by atoms with E-state index in [4.69, 9.17) is 14.2 Å². The van der Waals surface area contributed by atoms with Gasteiger partial charge < -0.3 is 24.8 Å². The Morgan fingerprint density at radius 3 is 2.08 bits per heavy atom. The Morgan fingerprint density at radius 1 is 0.865 bits per heavy atom. The number of carbonyl (C=O) groups is 2. The number of alkyl carbamates (subject to hydrolysis) is 1. The largest absolute Gasteiger partial charge is 0.497 e. The maximum Gasteiger partial charge on any atom is 0.407 e. The topological polar surface area (TPSA) is 98.8 Å². The summed E-state index contributed by atoms with van der Waals surface area (Å²) >= 11 is 0. The van der Waals surface area contributed by atoms with Gasteiger partial charge in [-0.25, -0.2) is 9.78 Å². The molecule has 1 aromatic heterocycles. The highest BCUT2D eigenvalue weighted by Crippen LogP contribution is 2.25. The van der Waals surface area contributed by atoms with E-state index in [2.05, 4.69) is 15.6 Å². The number of aromatic nitrogens is 1. The molecule has 3 rings (SSSR count). The van der Waals surface area contributed by atoms with Gasteiger partial charge in [-0.05, 0) is 80.8 Å². The minimum Gasteiger partial charge on any atom is -0.497 e. The Balaban J connectivity index is 1.87. The zero-order chi connectivity index (χ0) is 27.2. The van der Waals surface area contributed by atoms with Crippen LogP contribution >= 0.6 is 0 Å². The zero-order valence-corrected chi connectivity index (χ0v) is 21.9. The van der Waals surface area contributed by atoms with Crippen LogP contribution in [0.3, 0.4) is 0 Å². The molecule has 0 aliphatic heterocycles. The molecule has 0 aliphatic rings. The molecule has 9 heteroatoms. The van der Waals surface area contributed by atoms with Gasteiger partial charge in [-0.1, -0.05) is 0 Å². The maximum absolute atomic E-state index is 13.8. The summed E-state index contributed by atoms with van der Waals surface area (Å²) in [6.45, 7) is 7.31. The molecule has 8 nitrogen and oxygen atoms in total. The molecular formula is C28H32FN3O5. The van der Waals surface area contributed by atoms with Gasteiger partial charge in [0.2, 0.25) is 5.95 Å². The van der Waals surface area contributed by atoms with Crippen LogP contribution in [-0.4, -0.2) is 36.8 Å². The fourth-order valence-electron chi connectivity index (χ4n) is 3.55. The average molecular weight is 510 g/mol. The first-order valence-electron chi connectivity index (χ1n) is 11.7. The number of hydrogen-bond donors (Lipinski definition) is 2. The van der Waals surface area contributed by atoms with E-state index < -0.39 is 17.6 Å². The second kappa shape index (κ2) is 11.7. The Kier molecular flexibility index (Phi) is 8.70. The van der Waals surface area contributed by atoms with Crippen molar-refractivity contribution in [3.63, 3.8) is 0 Å². The minimum atomic E-state index is -0.642. The van der Waals surface area contributed by atoms with E-state index in [1.807, 2.05) is 18.2 Å². The summed E-state index contributed by atoms with van der Waals surface area (Å²) in [6, 6.07) is 12.2. The van der Waals surface area contributed by atoms with E-state index >= 15 is 0 Å². The lowest BCUT2D eigenvalue weighted by Gasteiger charge is -2.20. The molecule has 0 spiro atoms. The monoisotopic (exact) mass is 509 g/mol. The Morgan fingerprint density at radius 2 is 1.49 bits per heavy atom.